The molecule has 3 aliphatic heterocycles. The van der Waals surface area contributed by atoms with Crippen LogP contribution in [0.25, 0.3) is 0 Å². The van der Waals surface area contributed by atoms with E-state index in [4.69, 9.17) is 0 Å². The highest BCUT2D eigenvalue weighted by molar-refractivity contribution is 5.88. The lowest BCUT2D eigenvalue weighted by molar-refractivity contribution is -0.147. The van der Waals surface area contributed by atoms with Crippen LogP contribution in [0.1, 0.15) is 39.0 Å². The van der Waals surface area contributed by atoms with E-state index in [1.54, 1.807) is 0 Å². The van der Waals surface area contributed by atoms with Gasteiger partial charge in [-0.25, -0.2) is 0 Å². The second kappa shape index (κ2) is 7.62. The summed E-state index contributed by atoms with van der Waals surface area (Å²) in [6.45, 7) is 8.57. The number of likely N-dealkylation sites (tertiary alicyclic amines) is 2. The van der Waals surface area contributed by atoms with Crippen LogP contribution in [-0.4, -0.2) is 84.4 Å². The summed E-state index contributed by atoms with van der Waals surface area (Å²) < 4.78 is 0. The maximum absolute atomic E-state index is 13.0. The summed E-state index contributed by atoms with van der Waals surface area (Å²) in [5.74, 6) is 0.310. The van der Waals surface area contributed by atoms with Crippen molar-refractivity contribution in [2.24, 2.45) is 0 Å². The third kappa shape index (κ3) is 3.69. The van der Waals surface area contributed by atoms with Crippen LogP contribution in [0.2, 0.25) is 0 Å². The van der Waals surface area contributed by atoms with Crippen molar-refractivity contribution in [1.29, 1.82) is 0 Å². The van der Waals surface area contributed by atoms with Crippen LogP contribution in [0.5, 0.6) is 0 Å². The van der Waals surface area contributed by atoms with Gasteiger partial charge in [0.25, 0.3) is 0 Å². The molecular weight excluding hydrogens is 292 g/mol. The number of nitrogens with zero attached hydrogens (tertiary/aromatic N) is 3. The smallest absolute Gasteiger partial charge is 0.245 e. The lowest BCUT2D eigenvalue weighted by atomic mass is 10.0. The van der Waals surface area contributed by atoms with Crippen molar-refractivity contribution in [2.45, 2.75) is 51.1 Å². The summed E-state index contributed by atoms with van der Waals surface area (Å²) in [4.78, 5) is 31.5. The van der Waals surface area contributed by atoms with E-state index in [-0.39, 0.29) is 17.9 Å². The van der Waals surface area contributed by atoms with Crippen LogP contribution < -0.4 is 5.32 Å². The number of piperidine rings is 1. The number of hydrogen-bond donors (Lipinski definition) is 1. The number of rotatable bonds is 3. The zero-order valence-corrected chi connectivity index (χ0v) is 14.3. The Bertz CT molecular complexity index is 436. The number of amides is 2. The van der Waals surface area contributed by atoms with Crippen molar-refractivity contribution < 1.29 is 9.59 Å². The monoisotopic (exact) mass is 322 g/mol. The fourth-order valence-corrected chi connectivity index (χ4v) is 4.19. The molecule has 0 bridgehead atoms. The van der Waals surface area contributed by atoms with Gasteiger partial charge in [0, 0.05) is 58.3 Å². The lowest BCUT2D eigenvalue weighted by Crippen LogP contribution is -2.53. The molecular formula is C17H30N4O2. The molecule has 0 aromatic heterocycles. The Labute approximate surface area is 139 Å². The van der Waals surface area contributed by atoms with Gasteiger partial charge >= 0.3 is 0 Å². The van der Waals surface area contributed by atoms with Crippen molar-refractivity contribution >= 4 is 11.8 Å². The quantitative estimate of drug-likeness (QED) is 0.811. The summed E-state index contributed by atoms with van der Waals surface area (Å²) in [5.41, 5.74) is 0. The van der Waals surface area contributed by atoms with Gasteiger partial charge in [-0.15, -0.1) is 0 Å². The Balaban J connectivity index is 1.59. The van der Waals surface area contributed by atoms with E-state index in [0.29, 0.717) is 12.5 Å². The molecule has 3 heterocycles. The van der Waals surface area contributed by atoms with Gasteiger partial charge in [0.1, 0.15) is 6.04 Å². The summed E-state index contributed by atoms with van der Waals surface area (Å²) >= 11 is 0. The summed E-state index contributed by atoms with van der Waals surface area (Å²) in [7, 11) is 0. The van der Waals surface area contributed by atoms with E-state index in [1.807, 2.05) is 16.7 Å². The first kappa shape index (κ1) is 16.7. The van der Waals surface area contributed by atoms with Gasteiger partial charge in [-0.3, -0.25) is 14.5 Å². The standard InChI is InChI=1S/C17H30N4O2/c1-2-16(22)21-9-4-3-5-15(21)17(23)20-10-6-14(13-20)19-11-7-18-8-12-19/h14-15,18H,2-13H2,1H3. The van der Waals surface area contributed by atoms with E-state index in [1.165, 1.54) is 0 Å². The number of carbonyl (C=O) groups is 2. The van der Waals surface area contributed by atoms with Gasteiger partial charge in [-0.2, -0.15) is 0 Å². The van der Waals surface area contributed by atoms with Crippen molar-refractivity contribution in [3.8, 4) is 0 Å². The topological polar surface area (TPSA) is 55.9 Å². The Morgan fingerprint density at radius 1 is 1.04 bits per heavy atom. The lowest BCUT2D eigenvalue weighted by Gasteiger charge is -2.37. The van der Waals surface area contributed by atoms with Crippen LogP contribution in [0.15, 0.2) is 0 Å². The third-order valence-electron chi connectivity index (χ3n) is 5.55. The molecule has 1 N–H and O–H groups in total. The molecule has 0 aromatic carbocycles. The van der Waals surface area contributed by atoms with E-state index in [0.717, 1.165) is 71.5 Å². The van der Waals surface area contributed by atoms with Gasteiger partial charge < -0.3 is 15.1 Å². The van der Waals surface area contributed by atoms with Crippen LogP contribution in [0.4, 0.5) is 0 Å². The van der Waals surface area contributed by atoms with E-state index < -0.39 is 0 Å². The average Bonchev–Trinajstić information content (AvgIpc) is 3.11. The molecule has 23 heavy (non-hydrogen) atoms. The van der Waals surface area contributed by atoms with Crippen LogP contribution in [-0.2, 0) is 9.59 Å². The van der Waals surface area contributed by atoms with E-state index >= 15 is 0 Å². The highest BCUT2D eigenvalue weighted by Gasteiger charge is 2.38. The molecule has 2 atom stereocenters. The molecule has 0 radical (unpaired) electrons. The van der Waals surface area contributed by atoms with Gasteiger partial charge in [0.2, 0.25) is 11.8 Å². The normalized spacial score (nSPS) is 29.8. The van der Waals surface area contributed by atoms with Crippen molar-refractivity contribution in [1.82, 2.24) is 20.0 Å². The average molecular weight is 322 g/mol. The minimum atomic E-state index is -0.210. The first-order valence-electron chi connectivity index (χ1n) is 9.23. The molecule has 0 saturated carbocycles. The largest absolute Gasteiger partial charge is 0.339 e. The van der Waals surface area contributed by atoms with Gasteiger partial charge in [0.05, 0.1) is 0 Å². The molecule has 6 heteroatoms. The molecule has 0 aromatic rings. The van der Waals surface area contributed by atoms with Gasteiger partial charge in [0.15, 0.2) is 0 Å². The molecule has 3 saturated heterocycles. The molecule has 0 spiro atoms. The summed E-state index contributed by atoms with van der Waals surface area (Å²) in [6, 6.07) is 0.290. The first-order chi connectivity index (χ1) is 11.2. The minimum absolute atomic E-state index is 0.126. The molecule has 3 aliphatic rings. The zero-order valence-electron chi connectivity index (χ0n) is 14.3. The number of piperazine rings is 1. The molecule has 0 aliphatic carbocycles. The molecule has 2 amide bonds. The Morgan fingerprint density at radius 2 is 1.83 bits per heavy atom. The highest BCUT2D eigenvalue weighted by atomic mass is 16.2. The molecule has 130 valence electrons. The maximum Gasteiger partial charge on any atom is 0.245 e. The third-order valence-corrected chi connectivity index (χ3v) is 5.55. The van der Waals surface area contributed by atoms with Crippen LogP contribution in [0.3, 0.4) is 0 Å². The number of carbonyl (C=O) groups excluding carboxylic acids is 2. The Kier molecular flexibility index (Phi) is 5.54. The van der Waals surface area contributed by atoms with E-state index in [9.17, 15) is 9.59 Å². The van der Waals surface area contributed by atoms with Crippen molar-refractivity contribution in [3.63, 3.8) is 0 Å². The first-order valence-corrected chi connectivity index (χ1v) is 9.23. The Hall–Kier alpha value is -1.14. The molecule has 3 rings (SSSR count). The van der Waals surface area contributed by atoms with Gasteiger partial charge in [-0.05, 0) is 25.7 Å². The fraction of sp³-hybridized carbons (Fsp3) is 0.882. The SMILES string of the molecule is CCC(=O)N1CCCCC1C(=O)N1CCC(N2CCNCC2)C1. The number of nitrogens with one attached hydrogen (secondary N) is 1. The highest BCUT2D eigenvalue weighted by Crippen LogP contribution is 2.23. The Morgan fingerprint density at radius 3 is 2.57 bits per heavy atom. The summed E-state index contributed by atoms with van der Waals surface area (Å²) in [5, 5.41) is 3.38. The van der Waals surface area contributed by atoms with Crippen LogP contribution in [0, 0.1) is 0 Å². The van der Waals surface area contributed by atoms with E-state index in [2.05, 4.69) is 10.2 Å². The second-order valence-corrected chi connectivity index (χ2v) is 6.96. The van der Waals surface area contributed by atoms with Crippen LogP contribution >= 0.6 is 0 Å². The number of hydrogen-bond acceptors (Lipinski definition) is 4. The molecule has 3 fully saturated rings. The van der Waals surface area contributed by atoms with Gasteiger partial charge in [-0.1, -0.05) is 6.92 Å². The molecule has 6 nitrogen and oxygen atoms in total. The zero-order chi connectivity index (χ0) is 16.2. The minimum Gasteiger partial charge on any atom is -0.339 e. The maximum atomic E-state index is 13.0. The molecule has 2 unspecified atom stereocenters. The van der Waals surface area contributed by atoms with Crippen molar-refractivity contribution in [2.75, 3.05) is 45.8 Å². The predicted molar refractivity (Wildman–Crippen MR) is 89.1 cm³/mol. The van der Waals surface area contributed by atoms with Crippen molar-refractivity contribution in [3.05, 3.63) is 0 Å². The second-order valence-electron chi connectivity index (χ2n) is 6.96. The fourth-order valence-electron chi connectivity index (χ4n) is 4.19. The predicted octanol–water partition coefficient (Wildman–Crippen LogP) is 0.284. The summed E-state index contributed by atoms with van der Waals surface area (Å²) in [6.07, 6.45) is 4.48.